The lowest BCUT2D eigenvalue weighted by Crippen LogP contribution is -2.33. The molecule has 1 saturated heterocycles. The summed E-state index contributed by atoms with van der Waals surface area (Å²) >= 11 is 0. The third-order valence-corrected chi connectivity index (χ3v) is 3.41. The van der Waals surface area contributed by atoms with Gasteiger partial charge in [-0.1, -0.05) is 13.8 Å². The molecule has 7 heteroatoms. The van der Waals surface area contributed by atoms with Crippen molar-refractivity contribution in [2.24, 2.45) is 5.92 Å². The zero-order valence-corrected chi connectivity index (χ0v) is 12.6. The van der Waals surface area contributed by atoms with Crippen LogP contribution in [0.5, 0.6) is 0 Å². The number of hydrogen-bond acceptors (Lipinski definition) is 5. The molecule has 6 nitrogen and oxygen atoms in total. The van der Waals surface area contributed by atoms with Crippen LogP contribution in [0.2, 0.25) is 0 Å². The van der Waals surface area contributed by atoms with E-state index in [1.807, 2.05) is 13.8 Å². The molecule has 1 amide bonds. The van der Waals surface area contributed by atoms with Crippen molar-refractivity contribution in [1.82, 2.24) is 4.90 Å². The number of ether oxygens (including phenoxy) is 1. The van der Waals surface area contributed by atoms with Gasteiger partial charge < -0.3 is 9.64 Å². The van der Waals surface area contributed by atoms with Crippen LogP contribution >= 0.6 is 0 Å². The Morgan fingerprint density at radius 3 is 2.58 bits per heavy atom. The average molecular weight is 293 g/mol. The van der Waals surface area contributed by atoms with Gasteiger partial charge in [0.1, 0.15) is 0 Å². The third-order valence-electron chi connectivity index (χ3n) is 2.78. The summed E-state index contributed by atoms with van der Waals surface area (Å²) in [6.45, 7) is 5.41. The second-order valence-corrected chi connectivity index (χ2v) is 6.91. The topological polar surface area (TPSA) is 72.9 Å². The van der Waals surface area contributed by atoms with Gasteiger partial charge in [0.15, 0.2) is 0 Å². The van der Waals surface area contributed by atoms with Gasteiger partial charge in [0.05, 0.1) is 19.0 Å². The molecular weight excluding hydrogens is 270 g/mol. The van der Waals surface area contributed by atoms with Crippen molar-refractivity contribution in [3.05, 3.63) is 0 Å². The van der Waals surface area contributed by atoms with E-state index < -0.39 is 10.1 Å². The zero-order chi connectivity index (χ0) is 14.5. The maximum Gasteiger partial charge on any atom is 0.409 e. The van der Waals surface area contributed by atoms with E-state index in [0.717, 1.165) is 12.7 Å². The van der Waals surface area contributed by atoms with E-state index in [4.69, 9.17) is 8.92 Å². The first-order valence-electron chi connectivity index (χ1n) is 6.58. The molecule has 1 rings (SSSR count). The van der Waals surface area contributed by atoms with Crippen LogP contribution in [0.15, 0.2) is 0 Å². The first-order valence-corrected chi connectivity index (χ1v) is 8.39. The molecule has 1 heterocycles. The van der Waals surface area contributed by atoms with Gasteiger partial charge in [0, 0.05) is 13.1 Å². The van der Waals surface area contributed by atoms with Crippen molar-refractivity contribution < 1.29 is 22.1 Å². The van der Waals surface area contributed by atoms with Crippen molar-refractivity contribution >= 4 is 16.2 Å². The molecule has 0 bridgehead atoms. The van der Waals surface area contributed by atoms with Crippen LogP contribution in [0.4, 0.5) is 4.79 Å². The van der Waals surface area contributed by atoms with Crippen LogP contribution in [0.1, 0.15) is 33.1 Å². The molecule has 1 unspecified atom stereocenters. The first kappa shape index (κ1) is 16.2. The predicted molar refractivity (Wildman–Crippen MR) is 71.3 cm³/mol. The molecule has 0 N–H and O–H groups in total. The average Bonchev–Trinajstić information content (AvgIpc) is 2.49. The van der Waals surface area contributed by atoms with E-state index in [-0.39, 0.29) is 12.2 Å². The molecule has 1 atom stereocenters. The Morgan fingerprint density at radius 1 is 1.32 bits per heavy atom. The highest BCUT2D eigenvalue weighted by Crippen LogP contribution is 2.16. The predicted octanol–water partition coefficient (Wildman–Crippen LogP) is 1.61. The maximum atomic E-state index is 11.8. The Morgan fingerprint density at radius 2 is 2.00 bits per heavy atom. The summed E-state index contributed by atoms with van der Waals surface area (Å²) in [5.74, 6) is 0.303. The molecule has 0 spiro atoms. The van der Waals surface area contributed by atoms with Crippen LogP contribution < -0.4 is 0 Å². The largest absolute Gasteiger partial charge is 0.449 e. The lowest BCUT2D eigenvalue weighted by atomic mass is 10.2. The summed E-state index contributed by atoms with van der Waals surface area (Å²) in [5.41, 5.74) is 0. The first-order chi connectivity index (χ1) is 8.78. The molecule has 0 aliphatic carbocycles. The molecule has 1 aliphatic heterocycles. The second kappa shape index (κ2) is 7.09. The fourth-order valence-electron chi connectivity index (χ4n) is 1.92. The lowest BCUT2D eigenvalue weighted by molar-refractivity contribution is 0.0919. The van der Waals surface area contributed by atoms with Gasteiger partial charge >= 0.3 is 6.09 Å². The quantitative estimate of drug-likeness (QED) is 0.736. The summed E-state index contributed by atoms with van der Waals surface area (Å²) < 4.78 is 32.3. The summed E-state index contributed by atoms with van der Waals surface area (Å²) in [7, 11) is -3.43. The van der Waals surface area contributed by atoms with Gasteiger partial charge in [-0.25, -0.2) is 4.79 Å². The van der Waals surface area contributed by atoms with Gasteiger partial charge in [0.2, 0.25) is 0 Å². The monoisotopic (exact) mass is 293 g/mol. The zero-order valence-electron chi connectivity index (χ0n) is 11.8. The minimum absolute atomic E-state index is 0.303. The Hall–Kier alpha value is -0.820. The van der Waals surface area contributed by atoms with Crippen molar-refractivity contribution in [2.75, 3.05) is 26.0 Å². The van der Waals surface area contributed by atoms with E-state index in [1.54, 1.807) is 4.90 Å². The van der Waals surface area contributed by atoms with E-state index in [2.05, 4.69) is 0 Å². The van der Waals surface area contributed by atoms with Crippen molar-refractivity contribution in [1.29, 1.82) is 0 Å². The van der Waals surface area contributed by atoms with Crippen molar-refractivity contribution in [2.45, 2.75) is 39.2 Å². The number of carbonyl (C=O) groups excluding carboxylic acids is 1. The van der Waals surface area contributed by atoms with Crippen molar-refractivity contribution in [3.63, 3.8) is 0 Å². The van der Waals surface area contributed by atoms with Crippen LogP contribution in [0.25, 0.3) is 0 Å². The standard InChI is InChI=1S/C12H23NO5S/c1-10(2)9-17-12(14)13-7-4-5-11(6-8-13)18-19(3,15)16/h10-11H,4-9H2,1-3H3. The molecular formula is C12H23NO5S. The summed E-state index contributed by atoms with van der Waals surface area (Å²) in [6.07, 6.45) is 2.26. The van der Waals surface area contributed by atoms with E-state index in [9.17, 15) is 13.2 Å². The third kappa shape index (κ3) is 6.77. The Bertz CT molecular complexity index is 393. The summed E-state index contributed by atoms with van der Waals surface area (Å²) in [4.78, 5) is 13.4. The van der Waals surface area contributed by atoms with Gasteiger partial charge in [0.25, 0.3) is 10.1 Å². The number of hydrogen-bond donors (Lipinski definition) is 0. The number of carbonyl (C=O) groups is 1. The van der Waals surface area contributed by atoms with E-state index >= 15 is 0 Å². The summed E-state index contributed by atoms with van der Waals surface area (Å²) in [5, 5.41) is 0. The molecule has 112 valence electrons. The molecule has 0 saturated carbocycles. The molecule has 1 aliphatic rings. The fraction of sp³-hybridized carbons (Fsp3) is 0.917. The SMILES string of the molecule is CC(C)COC(=O)N1CCCC(OS(C)(=O)=O)CC1. The highest BCUT2D eigenvalue weighted by molar-refractivity contribution is 7.86. The smallest absolute Gasteiger partial charge is 0.409 e. The van der Waals surface area contributed by atoms with E-state index in [0.29, 0.717) is 38.5 Å². The van der Waals surface area contributed by atoms with Gasteiger partial charge in [-0.15, -0.1) is 0 Å². The number of rotatable bonds is 4. The number of amides is 1. The minimum atomic E-state index is -3.43. The molecule has 19 heavy (non-hydrogen) atoms. The van der Waals surface area contributed by atoms with Gasteiger partial charge in [-0.05, 0) is 25.2 Å². The summed E-state index contributed by atoms with van der Waals surface area (Å²) in [6, 6.07) is 0. The van der Waals surface area contributed by atoms with Gasteiger partial charge in [-0.3, -0.25) is 4.18 Å². The molecule has 0 aromatic rings. The Labute approximate surface area is 115 Å². The van der Waals surface area contributed by atoms with Crippen molar-refractivity contribution in [3.8, 4) is 0 Å². The van der Waals surface area contributed by atoms with Crippen LogP contribution in [0, 0.1) is 5.92 Å². The molecule has 0 aromatic carbocycles. The lowest BCUT2D eigenvalue weighted by Gasteiger charge is -2.20. The number of nitrogens with zero attached hydrogens (tertiary/aromatic N) is 1. The Balaban J connectivity index is 2.43. The van der Waals surface area contributed by atoms with Crippen LogP contribution in [-0.2, 0) is 19.0 Å². The fourth-order valence-corrected chi connectivity index (χ4v) is 2.61. The molecule has 0 radical (unpaired) electrons. The highest BCUT2D eigenvalue weighted by Gasteiger charge is 2.24. The minimum Gasteiger partial charge on any atom is -0.449 e. The van der Waals surface area contributed by atoms with Crippen LogP contribution in [0.3, 0.4) is 0 Å². The molecule has 0 aromatic heterocycles. The maximum absolute atomic E-state index is 11.8. The normalized spacial score (nSPS) is 21.3. The number of likely N-dealkylation sites (tertiary alicyclic amines) is 1. The van der Waals surface area contributed by atoms with Crippen LogP contribution in [-0.4, -0.2) is 51.5 Å². The second-order valence-electron chi connectivity index (χ2n) is 5.31. The van der Waals surface area contributed by atoms with E-state index in [1.165, 1.54) is 0 Å². The molecule has 1 fully saturated rings. The van der Waals surface area contributed by atoms with Gasteiger partial charge in [-0.2, -0.15) is 8.42 Å². The highest BCUT2D eigenvalue weighted by atomic mass is 32.2. The Kier molecular flexibility index (Phi) is 6.06.